The quantitative estimate of drug-likeness (QED) is 0.859. The number of benzene rings is 1. The molecule has 0 aliphatic rings. The Balaban J connectivity index is 2.40. The molecular formula is C16H21NO2. The standard InChI is InChI=1S/C16H21NO2/c1-4-10-17-15(16-12(2)9-11-19-16)13-7-5-6-8-14(13)18-3/h5-9,11,15,17H,4,10H2,1-3H3. The third-order valence-electron chi connectivity index (χ3n) is 3.21. The molecule has 0 saturated carbocycles. The van der Waals surface area contributed by atoms with Gasteiger partial charge in [0.1, 0.15) is 11.5 Å². The predicted octanol–water partition coefficient (Wildman–Crippen LogP) is 3.69. The van der Waals surface area contributed by atoms with Crippen LogP contribution in [0.4, 0.5) is 0 Å². The first kappa shape index (κ1) is 13.7. The van der Waals surface area contributed by atoms with Gasteiger partial charge in [0.05, 0.1) is 19.4 Å². The molecule has 3 heteroatoms. The molecule has 0 aliphatic heterocycles. The second-order valence-electron chi connectivity index (χ2n) is 4.60. The van der Waals surface area contributed by atoms with Crippen molar-refractivity contribution in [1.82, 2.24) is 5.32 Å². The maximum atomic E-state index is 5.66. The van der Waals surface area contributed by atoms with Crippen LogP contribution in [0.2, 0.25) is 0 Å². The van der Waals surface area contributed by atoms with E-state index in [4.69, 9.17) is 9.15 Å². The van der Waals surface area contributed by atoms with E-state index in [0.717, 1.165) is 35.6 Å². The molecule has 0 radical (unpaired) electrons. The van der Waals surface area contributed by atoms with Crippen molar-refractivity contribution in [3.8, 4) is 5.75 Å². The topological polar surface area (TPSA) is 34.4 Å². The maximum absolute atomic E-state index is 5.66. The molecule has 1 unspecified atom stereocenters. The van der Waals surface area contributed by atoms with Crippen molar-refractivity contribution in [2.45, 2.75) is 26.3 Å². The SMILES string of the molecule is CCCNC(c1ccccc1OC)c1occc1C. The lowest BCUT2D eigenvalue weighted by Gasteiger charge is -2.20. The van der Waals surface area contributed by atoms with Crippen molar-refractivity contribution >= 4 is 0 Å². The van der Waals surface area contributed by atoms with Crippen LogP contribution in [-0.2, 0) is 0 Å². The van der Waals surface area contributed by atoms with E-state index in [1.54, 1.807) is 13.4 Å². The van der Waals surface area contributed by atoms with Crippen LogP contribution in [0.25, 0.3) is 0 Å². The number of furan rings is 1. The number of methoxy groups -OCH3 is 1. The molecule has 3 nitrogen and oxygen atoms in total. The average Bonchev–Trinajstić information content (AvgIpc) is 2.86. The Morgan fingerprint density at radius 1 is 1.26 bits per heavy atom. The van der Waals surface area contributed by atoms with E-state index in [1.165, 1.54) is 0 Å². The first-order chi connectivity index (χ1) is 9.27. The highest BCUT2D eigenvalue weighted by Crippen LogP contribution is 2.31. The highest BCUT2D eigenvalue weighted by Gasteiger charge is 2.21. The third-order valence-corrected chi connectivity index (χ3v) is 3.21. The summed E-state index contributed by atoms with van der Waals surface area (Å²) in [6.07, 6.45) is 2.81. The van der Waals surface area contributed by atoms with E-state index < -0.39 is 0 Å². The summed E-state index contributed by atoms with van der Waals surface area (Å²) in [6.45, 7) is 5.15. The lowest BCUT2D eigenvalue weighted by molar-refractivity contribution is 0.391. The third kappa shape index (κ3) is 2.99. The van der Waals surface area contributed by atoms with Gasteiger partial charge >= 0.3 is 0 Å². The maximum Gasteiger partial charge on any atom is 0.128 e. The van der Waals surface area contributed by atoms with Crippen LogP contribution < -0.4 is 10.1 Å². The van der Waals surface area contributed by atoms with Crippen LogP contribution in [0, 0.1) is 6.92 Å². The number of hydrogen-bond donors (Lipinski definition) is 1. The number of nitrogens with one attached hydrogen (secondary N) is 1. The molecule has 0 fully saturated rings. The van der Waals surface area contributed by atoms with Crippen molar-refractivity contribution in [3.05, 3.63) is 53.5 Å². The second kappa shape index (κ2) is 6.43. The number of aryl methyl sites for hydroxylation is 1. The lowest BCUT2D eigenvalue weighted by atomic mass is 10.0. The number of rotatable bonds is 6. The summed E-state index contributed by atoms with van der Waals surface area (Å²) in [5, 5.41) is 3.53. The molecular weight excluding hydrogens is 238 g/mol. The summed E-state index contributed by atoms with van der Waals surface area (Å²) in [7, 11) is 1.70. The Labute approximate surface area is 114 Å². The molecule has 0 bridgehead atoms. The number of hydrogen-bond acceptors (Lipinski definition) is 3. The van der Waals surface area contributed by atoms with Gasteiger partial charge in [-0.1, -0.05) is 25.1 Å². The Morgan fingerprint density at radius 2 is 2.05 bits per heavy atom. The summed E-state index contributed by atoms with van der Waals surface area (Å²) in [6, 6.07) is 10.1. The second-order valence-corrected chi connectivity index (χ2v) is 4.60. The normalized spacial score (nSPS) is 12.4. The van der Waals surface area contributed by atoms with Gasteiger partial charge in [-0.25, -0.2) is 0 Å². The largest absolute Gasteiger partial charge is 0.496 e. The molecule has 0 saturated heterocycles. The van der Waals surface area contributed by atoms with Gasteiger partial charge < -0.3 is 14.5 Å². The Hall–Kier alpha value is -1.74. The van der Waals surface area contributed by atoms with E-state index in [9.17, 15) is 0 Å². The van der Waals surface area contributed by atoms with Crippen LogP contribution in [0.1, 0.15) is 36.3 Å². The summed E-state index contributed by atoms with van der Waals surface area (Å²) >= 11 is 0. The number of ether oxygens (including phenoxy) is 1. The molecule has 1 heterocycles. The lowest BCUT2D eigenvalue weighted by Crippen LogP contribution is -2.23. The first-order valence-electron chi connectivity index (χ1n) is 6.68. The van der Waals surface area contributed by atoms with Crippen LogP contribution in [-0.4, -0.2) is 13.7 Å². The summed E-state index contributed by atoms with van der Waals surface area (Å²) in [5.41, 5.74) is 2.26. The van der Waals surface area contributed by atoms with Crippen LogP contribution >= 0.6 is 0 Å². The summed E-state index contributed by atoms with van der Waals surface area (Å²) in [4.78, 5) is 0. The van der Waals surface area contributed by atoms with Crippen molar-refractivity contribution in [3.63, 3.8) is 0 Å². The molecule has 2 aromatic rings. The van der Waals surface area contributed by atoms with E-state index in [-0.39, 0.29) is 6.04 Å². The molecule has 1 aromatic carbocycles. The minimum Gasteiger partial charge on any atom is -0.496 e. The highest BCUT2D eigenvalue weighted by molar-refractivity contribution is 5.40. The average molecular weight is 259 g/mol. The van der Waals surface area contributed by atoms with Crippen molar-refractivity contribution < 1.29 is 9.15 Å². The summed E-state index contributed by atoms with van der Waals surface area (Å²) < 4.78 is 11.1. The van der Waals surface area contributed by atoms with Gasteiger partial charge in [0.2, 0.25) is 0 Å². The van der Waals surface area contributed by atoms with Gasteiger partial charge in [-0.2, -0.15) is 0 Å². The van der Waals surface area contributed by atoms with Crippen LogP contribution in [0.5, 0.6) is 5.75 Å². The van der Waals surface area contributed by atoms with Crippen LogP contribution in [0.3, 0.4) is 0 Å². The minimum atomic E-state index is 0.0334. The van der Waals surface area contributed by atoms with Crippen LogP contribution in [0.15, 0.2) is 41.0 Å². The molecule has 0 spiro atoms. The fourth-order valence-electron chi connectivity index (χ4n) is 2.22. The first-order valence-corrected chi connectivity index (χ1v) is 6.68. The van der Waals surface area contributed by atoms with E-state index in [1.807, 2.05) is 24.3 Å². The molecule has 0 amide bonds. The van der Waals surface area contributed by atoms with Gasteiger partial charge in [-0.05, 0) is 37.6 Å². The van der Waals surface area contributed by atoms with Gasteiger partial charge in [0.15, 0.2) is 0 Å². The fourth-order valence-corrected chi connectivity index (χ4v) is 2.22. The van der Waals surface area contributed by atoms with E-state index in [2.05, 4.69) is 25.2 Å². The highest BCUT2D eigenvalue weighted by atomic mass is 16.5. The zero-order valence-electron chi connectivity index (χ0n) is 11.8. The Kier molecular flexibility index (Phi) is 4.63. The molecule has 1 N–H and O–H groups in total. The van der Waals surface area contributed by atoms with Crippen molar-refractivity contribution in [2.75, 3.05) is 13.7 Å². The molecule has 1 atom stereocenters. The van der Waals surface area contributed by atoms with Gasteiger partial charge in [-0.15, -0.1) is 0 Å². The molecule has 19 heavy (non-hydrogen) atoms. The van der Waals surface area contributed by atoms with E-state index in [0.29, 0.717) is 0 Å². The zero-order chi connectivity index (χ0) is 13.7. The van der Waals surface area contributed by atoms with Crippen molar-refractivity contribution in [1.29, 1.82) is 0 Å². The number of para-hydroxylation sites is 1. The summed E-state index contributed by atoms with van der Waals surface area (Å²) in [5.74, 6) is 1.84. The Morgan fingerprint density at radius 3 is 2.68 bits per heavy atom. The van der Waals surface area contributed by atoms with Gasteiger partial charge in [0, 0.05) is 5.56 Å². The van der Waals surface area contributed by atoms with Gasteiger partial charge in [-0.3, -0.25) is 0 Å². The molecule has 1 aromatic heterocycles. The predicted molar refractivity (Wildman–Crippen MR) is 76.6 cm³/mol. The zero-order valence-corrected chi connectivity index (χ0v) is 11.8. The fraction of sp³-hybridized carbons (Fsp3) is 0.375. The molecule has 102 valence electrons. The van der Waals surface area contributed by atoms with Gasteiger partial charge in [0.25, 0.3) is 0 Å². The Bertz CT molecular complexity index is 519. The minimum absolute atomic E-state index is 0.0334. The smallest absolute Gasteiger partial charge is 0.128 e. The molecule has 2 rings (SSSR count). The molecule has 0 aliphatic carbocycles. The van der Waals surface area contributed by atoms with E-state index >= 15 is 0 Å². The monoisotopic (exact) mass is 259 g/mol. The van der Waals surface area contributed by atoms with Crippen molar-refractivity contribution in [2.24, 2.45) is 0 Å².